The summed E-state index contributed by atoms with van der Waals surface area (Å²) in [6, 6.07) is -13.7. The van der Waals surface area contributed by atoms with Crippen molar-refractivity contribution in [1.29, 1.82) is 0 Å². The van der Waals surface area contributed by atoms with Gasteiger partial charge in [0, 0.05) is 22.1 Å². The van der Waals surface area contributed by atoms with Gasteiger partial charge in [0.05, 0.1) is 34.3 Å². The molecule has 10 aromatic rings. The molecule has 1 heterocycles. The van der Waals surface area contributed by atoms with Gasteiger partial charge >= 0.3 is 0 Å². The summed E-state index contributed by atoms with van der Waals surface area (Å²) < 4.78 is 234. The second kappa shape index (κ2) is 11.1. The van der Waals surface area contributed by atoms with Gasteiger partial charge in [0.1, 0.15) is 11.3 Å². The molecular formula is C48H30O. The topological polar surface area (TPSA) is 13.1 Å². The Morgan fingerprint density at radius 1 is 0.367 bits per heavy atom. The molecule has 1 heteroatoms. The van der Waals surface area contributed by atoms with Crippen LogP contribution >= 0.6 is 0 Å². The minimum absolute atomic E-state index is 0.115. The van der Waals surface area contributed by atoms with Gasteiger partial charge in [-0.05, 0) is 77.4 Å². The SMILES string of the molecule is [2H]c1c([2H])c([2H])c(-c2c([2H])c([2H])c3c(-c4c5c([2H])c([2H])c([2H])c([2H])c5c(-c5ccccc5)c5c([2H])c([2H])c([2H])c([2H])c45)c(-c4c([2H])c([2H])c([2H])c5c4c([2H])c([2H])c4c([2H])c([2H])c([2H])c([2H])c45)oc3c2[2H])c([2H])c1[2H]. The van der Waals surface area contributed by atoms with Crippen LogP contribution in [0.25, 0.3) is 98.8 Å². The summed E-state index contributed by atoms with van der Waals surface area (Å²) in [5.74, 6) is -0.828. The summed E-state index contributed by atoms with van der Waals surface area (Å²) in [5, 5.41) is -4.68. The first-order chi connectivity index (χ1) is 34.7. The molecule has 0 aliphatic heterocycles. The fraction of sp³-hybridized carbons (Fsp3) is 0. The van der Waals surface area contributed by atoms with E-state index in [0.717, 1.165) is 0 Å². The number of furan rings is 1. The average Bonchev–Trinajstić information content (AvgIpc) is 3.78. The highest BCUT2D eigenvalue weighted by Gasteiger charge is 2.25. The van der Waals surface area contributed by atoms with E-state index < -0.39 is 228 Å². The Kier molecular flexibility index (Phi) is 2.84. The Balaban J connectivity index is 1.60. The summed E-state index contributed by atoms with van der Waals surface area (Å²) in [6.07, 6.45) is 0. The molecule has 0 amide bonds. The molecule has 0 bridgehead atoms. The van der Waals surface area contributed by atoms with Crippen molar-refractivity contribution in [2.24, 2.45) is 0 Å². The molecule has 10 rings (SSSR count). The molecule has 0 saturated carbocycles. The molecule has 0 radical (unpaired) electrons. The van der Waals surface area contributed by atoms with Crippen LogP contribution in [0.1, 0.15) is 34.3 Å². The van der Waals surface area contributed by atoms with Gasteiger partial charge < -0.3 is 4.42 Å². The molecule has 0 unspecified atom stereocenters. The quantitative estimate of drug-likeness (QED) is 0.137. The maximum atomic E-state index is 9.79. The Morgan fingerprint density at radius 3 is 1.71 bits per heavy atom. The minimum atomic E-state index is -0.983. The standard InChI is InChI=1S/C48H30O/c1-3-14-31(15-4-1)34-27-29-43-44(30-34)49-48(42-25-13-24-36-35-19-8-7-16-32(35)26-28-37(36)42)47(43)46-40-22-11-9-20-38(40)45(33-17-5-2-6-18-33)39-21-10-12-23-41(39)46/h1-30H/i1D,3D,4D,7D,8D,9D,10D,11D,12D,13D,14D,15D,16D,19D,20D,21D,22D,23D,24D,25D,26D,27D,28D,29D,30D. The maximum Gasteiger partial charge on any atom is 0.143 e. The number of fused-ring (bicyclic) bond motifs is 6. The third-order valence-electron chi connectivity index (χ3n) is 8.25. The smallest absolute Gasteiger partial charge is 0.143 e. The molecule has 0 atom stereocenters. The molecule has 0 N–H and O–H groups in total. The summed E-state index contributed by atoms with van der Waals surface area (Å²) >= 11 is 0. The molecular weight excluding hydrogens is 593 g/mol. The van der Waals surface area contributed by atoms with Crippen LogP contribution < -0.4 is 0 Å². The van der Waals surface area contributed by atoms with Crippen molar-refractivity contribution >= 4 is 54.1 Å². The van der Waals surface area contributed by atoms with Gasteiger partial charge in [-0.25, -0.2) is 0 Å². The zero-order chi connectivity index (χ0) is 54.1. The first-order valence-corrected chi connectivity index (χ1v) is 14.8. The molecule has 0 aliphatic carbocycles. The third kappa shape index (κ3) is 4.33. The van der Waals surface area contributed by atoms with Crippen LogP contribution in [0.3, 0.4) is 0 Å². The summed E-state index contributed by atoms with van der Waals surface area (Å²) in [6.45, 7) is 0. The van der Waals surface area contributed by atoms with Crippen molar-refractivity contribution in [3.05, 3.63) is 181 Å². The number of hydrogen-bond donors (Lipinski definition) is 0. The second-order valence-corrected chi connectivity index (χ2v) is 10.9. The van der Waals surface area contributed by atoms with E-state index in [1.807, 2.05) is 0 Å². The third-order valence-corrected chi connectivity index (χ3v) is 8.25. The first kappa shape index (κ1) is 12.5. The van der Waals surface area contributed by atoms with E-state index >= 15 is 0 Å². The zero-order valence-corrected chi connectivity index (χ0v) is 24.8. The van der Waals surface area contributed by atoms with Crippen molar-refractivity contribution in [3.8, 4) is 44.7 Å². The van der Waals surface area contributed by atoms with Crippen LogP contribution in [0.2, 0.25) is 0 Å². The number of benzene rings is 9. The van der Waals surface area contributed by atoms with Gasteiger partial charge in [-0.15, -0.1) is 0 Å². The number of hydrogen-bond acceptors (Lipinski definition) is 1. The van der Waals surface area contributed by atoms with E-state index in [2.05, 4.69) is 0 Å². The van der Waals surface area contributed by atoms with Crippen molar-refractivity contribution in [3.63, 3.8) is 0 Å². The van der Waals surface area contributed by atoms with Crippen molar-refractivity contribution < 1.29 is 38.7 Å². The lowest BCUT2D eigenvalue weighted by atomic mass is 9.84. The lowest BCUT2D eigenvalue weighted by Gasteiger charge is -2.18. The van der Waals surface area contributed by atoms with Crippen LogP contribution in [0.5, 0.6) is 0 Å². The van der Waals surface area contributed by atoms with Crippen molar-refractivity contribution in [2.45, 2.75) is 0 Å². The van der Waals surface area contributed by atoms with Crippen LogP contribution in [-0.4, -0.2) is 0 Å². The molecule has 9 aromatic carbocycles. The average molecular weight is 648 g/mol. The Morgan fingerprint density at radius 2 is 0.980 bits per heavy atom. The summed E-state index contributed by atoms with van der Waals surface area (Å²) in [4.78, 5) is 0. The number of rotatable bonds is 4. The monoisotopic (exact) mass is 647 g/mol. The van der Waals surface area contributed by atoms with Crippen LogP contribution in [0.4, 0.5) is 0 Å². The van der Waals surface area contributed by atoms with E-state index in [4.69, 9.17) is 22.2 Å². The largest absolute Gasteiger partial charge is 0.455 e. The first-order valence-electron chi connectivity index (χ1n) is 27.3. The van der Waals surface area contributed by atoms with Gasteiger partial charge in [0.15, 0.2) is 0 Å². The molecule has 0 saturated heterocycles. The maximum absolute atomic E-state index is 9.79. The second-order valence-electron chi connectivity index (χ2n) is 10.9. The predicted molar refractivity (Wildman–Crippen MR) is 208 cm³/mol. The van der Waals surface area contributed by atoms with E-state index in [1.54, 1.807) is 18.2 Å². The molecule has 0 fully saturated rings. The van der Waals surface area contributed by atoms with Crippen molar-refractivity contribution in [2.75, 3.05) is 0 Å². The van der Waals surface area contributed by atoms with Crippen LogP contribution in [0.15, 0.2) is 186 Å². The van der Waals surface area contributed by atoms with Gasteiger partial charge in [-0.1, -0.05) is 169 Å². The van der Waals surface area contributed by atoms with Gasteiger partial charge in [0.2, 0.25) is 0 Å². The molecule has 0 spiro atoms. The Bertz CT molecular complexity index is 4190. The van der Waals surface area contributed by atoms with Crippen molar-refractivity contribution in [1.82, 2.24) is 0 Å². The Hall–Kier alpha value is -6.44. The van der Waals surface area contributed by atoms with Crippen LogP contribution in [0, 0.1) is 0 Å². The van der Waals surface area contributed by atoms with Gasteiger partial charge in [-0.3, -0.25) is 0 Å². The normalized spacial score (nSPS) is 18.8. The summed E-state index contributed by atoms with van der Waals surface area (Å²) in [7, 11) is 0. The highest BCUT2D eigenvalue weighted by molar-refractivity contribution is 6.25. The predicted octanol–water partition coefficient (Wildman–Crippen LogP) is 13.7. The van der Waals surface area contributed by atoms with Gasteiger partial charge in [0.25, 0.3) is 0 Å². The minimum Gasteiger partial charge on any atom is -0.455 e. The molecule has 1 nitrogen and oxygen atoms in total. The molecule has 49 heavy (non-hydrogen) atoms. The highest BCUT2D eigenvalue weighted by Crippen LogP contribution is 2.51. The highest BCUT2D eigenvalue weighted by atomic mass is 16.3. The summed E-state index contributed by atoms with van der Waals surface area (Å²) in [5.41, 5.74) is -4.16. The van der Waals surface area contributed by atoms with Crippen LogP contribution in [-0.2, 0) is 0 Å². The van der Waals surface area contributed by atoms with E-state index in [1.165, 1.54) is 12.1 Å². The molecule has 1 aromatic heterocycles. The van der Waals surface area contributed by atoms with E-state index in [-0.39, 0.29) is 21.9 Å². The molecule has 0 aliphatic rings. The van der Waals surface area contributed by atoms with E-state index in [9.17, 15) is 16.4 Å². The molecule has 228 valence electrons. The fourth-order valence-corrected chi connectivity index (χ4v) is 6.20. The lowest BCUT2D eigenvalue weighted by Crippen LogP contribution is -1.92. The fourth-order valence-electron chi connectivity index (χ4n) is 6.20. The zero-order valence-electron chi connectivity index (χ0n) is 49.8. The van der Waals surface area contributed by atoms with E-state index in [0.29, 0.717) is 0 Å². The lowest BCUT2D eigenvalue weighted by molar-refractivity contribution is 0.633. The van der Waals surface area contributed by atoms with Gasteiger partial charge in [-0.2, -0.15) is 0 Å². The Labute approximate surface area is 319 Å².